The van der Waals surface area contributed by atoms with Gasteiger partial charge < -0.3 is 15.2 Å². The average Bonchev–Trinajstić information content (AvgIpc) is 2.91. The molecule has 0 saturated heterocycles. The predicted octanol–water partition coefficient (Wildman–Crippen LogP) is 7.05. The molecule has 37 heavy (non-hydrogen) atoms. The van der Waals surface area contributed by atoms with Crippen molar-refractivity contribution in [2.24, 2.45) is 0 Å². The van der Waals surface area contributed by atoms with Crippen LogP contribution < -0.4 is 5.32 Å². The number of carbonyl (C=O) groups is 2. The normalized spacial score (nSPS) is 12.6. The molecule has 6 heteroatoms. The third-order valence-corrected chi connectivity index (χ3v) is 7.06. The summed E-state index contributed by atoms with van der Waals surface area (Å²) in [5.74, 6) is -0.757. The highest BCUT2D eigenvalue weighted by atomic mass is 32.2. The van der Waals surface area contributed by atoms with Crippen LogP contribution in [0.25, 0.3) is 11.1 Å². The standard InChI is InChI=1S/C31H37NO4S/c1-4-5-15-29(24-12-7-6-8-13-24)36-21-23-16-17-26(27(20-23)25-14-10-9-11-22(25)2)30(33)32-28(31(34)35)18-19-37-3/h6-14,16-17,20,28-29H,4-5,15,18-19,21H2,1-3H3,(H,32,33)(H,34,35)/t28-,29+/m0/s1. The highest BCUT2D eigenvalue weighted by molar-refractivity contribution is 7.98. The van der Waals surface area contributed by atoms with Crippen LogP contribution >= 0.6 is 11.8 Å². The monoisotopic (exact) mass is 519 g/mol. The van der Waals surface area contributed by atoms with Gasteiger partial charge in [0.15, 0.2) is 0 Å². The number of hydrogen-bond acceptors (Lipinski definition) is 4. The largest absolute Gasteiger partial charge is 0.480 e. The Hall–Kier alpha value is -3.09. The molecule has 2 N–H and O–H groups in total. The van der Waals surface area contributed by atoms with E-state index < -0.39 is 12.0 Å². The molecule has 3 aromatic rings. The van der Waals surface area contributed by atoms with Crippen LogP contribution in [0.1, 0.15) is 65.8 Å². The first kappa shape index (κ1) is 28.5. The Morgan fingerprint density at radius 1 is 0.973 bits per heavy atom. The predicted molar refractivity (Wildman–Crippen MR) is 152 cm³/mol. The number of thioether (sulfide) groups is 1. The van der Waals surface area contributed by atoms with Crippen molar-refractivity contribution < 1.29 is 19.4 Å². The third-order valence-electron chi connectivity index (χ3n) is 6.42. The lowest BCUT2D eigenvalue weighted by atomic mass is 9.93. The van der Waals surface area contributed by atoms with Gasteiger partial charge in [-0.15, -0.1) is 0 Å². The molecule has 3 rings (SSSR count). The molecule has 5 nitrogen and oxygen atoms in total. The summed E-state index contributed by atoms with van der Waals surface area (Å²) in [4.78, 5) is 25.0. The topological polar surface area (TPSA) is 75.6 Å². The van der Waals surface area contributed by atoms with Gasteiger partial charge in [0.05, 0.1) is 12.7 Å². The van der Waals surface area contributed by atoms with Crippen molar-refractivity contribution in [2.45, 2.75) is 58.3 Å². The van der Waals surface area contributed by atoms with Crippen LogP contribution in [0.5, 0.6) is 0 Å². The van der Waals surface area contributed by atoms with Gasteiger partial charge in [-0.05, 0) is 71.7 Å². The second kappa shape index (κ2) is 14.6. The molecule has 0 saturated carbocycles. The lowest BCUT2D eigenvalue weighted by molar-refractivity contribution is -0.139. The summed E-state index contributed by atoms with van der Waals surface area (Å²) in [5, 5.41) is 12.3. The van der Waals surface area contributed by atoms with Crippen LogP contribution in [0.3, 0.4) is 0 Å². The fourth-order valence-corrected chi connectivity index (χ4v) is 4.78. The highest BCUT2D eigenvalue weighted by Crippen LogP contribution is 2.30. The van der Waals surface area contributed by atoms with Crippen LogP contribution in [0.4, 0.5) is 0 Å². The second-order valence-corrected chi connectivity index (χ2v) is 10.2. The summed E-state index contributed by atoms with van der Waals surface area (Å²) >= 11 is 1.56. The van der Waals surface area contributed by atoms with Crippen LogP contribution in [-0.4, -0.2) is 35.0 Å². The number of aryl methyl sites for hydroxylation is 1. The van der Waals surface area contributed by atoms with Crippen LogP contribution in [-0.2, 0) is 16.1 Å². The Kier molecular flexibility index (Phi) is 11.2. The number of ether oxygens (including phenoxy) is 1. The van der Waals surface area contributed by atoms with Crippen molar-refractivity contribution in [1.29, 1.82) is 0 Å². The van der Waals surface area contributed by atoms with E-state index in [-0.39, 0.29) is 12.0 Å². The van der Waals surface area contributed by atoms with Crippen LogP contribution in [0, 0.1) is 6.92 Å². The van der Waals surface area contributed by atoms with E-state index in [9.17, 15) is 14.7 Å². The fraction of sp³-hybridized carbons (Fsp3) is 0.355. The zero-order chi connectivity index (χ0) is 26.6. The van der Waals surface area contributed by atoms with Crippen molar-refractivity contribution in [3.8, 4) is 11.1 Å². The molecule has 1 amide bonds. The molecule has 0 unspecified atom stereocenters. The lowest BCUT2D eigenvalue weighted by Gasteiger charge is -2.20. The molecular weight excluding hydrogens is 482 g/mol. The summed E-state index contributed by atoms with van der Waals surface area (Å²) in [5.41, 5.74) is 5.34. The van der Waals surface area contributed by atoms with Crippen molar-refractivity contribution in [2.75, 3.05) is 12.0 Å². The summed E-state index contributed by atoms with van der Waals surface area (Å²) < 4.78 is 6.40. The number of aliphatic carboxylic acids is 1. The molecule has 0 spiro atoms. The van der Waals surface area contributed by atoms with Gasteiger partial charge in [0.2, 0.25) is 0 Å². The van der Waals surface area contributed by atoms with E-state index in [2.05, 4.69) is 24.4 Å². The highest BCUT2D eigenvalue weighted by Gasteiger charge is 2.23. The maximum absolute atomic E-state index is 13.3. The molecule has 2 atom stereocenters. The molecule has 0 radical (unpaired) electrons. The molecule has 0 fully saturated rings. The molecule has 0 aromatic heterocycles. The van der Waals surface area contributed by atoms with E-state index in [4.69, 9.17) is 4.74 Å². The molecule has 0 heterocycles. The van der Waals surface area contributed by atoms with Crippen molar-refractivity contribution in [3.05, 3.63) is 95.1 Å². The Balaban J connectivity index is 1.89. The van der Waals surface area contributed by atoms with Gasteiger partial charge in [-0.2, -0.15) is 11.8 Å². The summed E-state index contributed by atoms with van der Waals surface area (Å²) in [6.07, 6.45) is 5.41. The van der Waals surface area contributed by atoms with Crippen molar-refractivity contribution in [1.82, 2.24) is 5.32 Å². The smallest absolute Gasteiger partial charge is 0.326 e. The van der Waals surface area contributed by atoms with E-state index in [1.807, 2.05) is 67.8 Å². The number of rotatable bonds is 14. The first-order valence-electron chi connectivity index (χ1n) is 12.8. The first-order chi connectivity index (χ1) is 17.9. The zero-order valence-electron chi connectivity index (χ0n) is 21.9. The lowest BCUT2D eigenvalue weighted by Crippen LogP contribution is -2.41. The number of nitrogens with one attached hydrogen (secondary N) is 1. The van der Waals surface area contributed by atoms with Crippen molar-refractivity contribution >= 4 is 23.6 Å². The Morgan fingerprint density at radius 2 is 1.70 bits per heavy atom. The Bertz CT molecular complexity index is 1160. The number of amides is 1. The Morgan fingerprint density at radius 3 is 2.38 bits per heavy atom. The van der Waals surface area contributed by atoms with Crippen LogP contribution in [0.15, 0.2) is 72.8 Å². The van der Waals surface area contributed by atoms with Gasteiger partial charge >= 0.3 is 5.97 Å². The number of carboxylic acid groups (broad SMARTS) is 1. The molecule has 0 bridgehead atoms. The molecule has 0 aliphatic rings. The minimum atomic E-state index is -1.02. The number of benzene rings is 3. The van der Waals surface area contributed by atoms with Gasteiger partial charge in [-0.25, -0.2) is 4.79 Å². The number of hydrogen-bond donors (Lipinski definition) is 2. The molecule has 3 aromatic carbocycles. The van der Waals surface area contributed by atoms with Gasteiger partial charge in [0, 0.05) is 5.56 Å². The fourth-order valence-electron chi connectivity index (χ4n) is 4.31. The molecule has 196 valence electrons. The summed E-state index contributed by atoms with van der Waals surface area (Å²) in [6, 6.07) is 22.9. The third kappa shape index (κ3) is 8.20. The average molecular weight is 520 g/mol. The molecular formula is C31H37NO4S. The van der Waals surface area contributed by atoms with Crippen molar-refractivity contribution in [3.63, 3.8) is 0 Å². The van der Waals surface area contributed by atoms with Gasteiger partial charge in [-0.3, -0.25) is 4.79 Å². The zero-order valence-corrected chi connectivity index (χ0v) is 22.7. The van der Waals surface area contributed by atoms with Gasteiger partial charge in [0.25, 0.3) is 5.91 Å². The van der Waals surface area contributed by atoms with E-state index in [0.717, 1.165) is 47.1 Å². The van der Waals surface area contributed by atoms with E-state index in [0.29, 0.717) is 24.3 Å². The van der Waals surface area contributed by atoms with Crippen LogP contribution in [0.2, 0.25) is 0 Å². The van der Waals surface area contributed by atoms with E-state index in [1.165, 1.54) is 0 Å². The van der Waals surface area contributed by atoms with Gasteiger partial charge in [-0.1, -0.05) is 80.4 Å². The van der Waals surface area contributed by atoms with E-state index in [1.54, 1.807) is 17.8 Å². The second-order valence-electron chi connectivity index (χ2n) is 9.19. The maximum atomic E-state index is 13.3. The summed E-state index contributed by atoms with van der Waals surface area (Å²) in [6.45, 7) is 4.60. The number of unbranched alkanes of at least 4 members (excludes halogenated alkanes) is 1. The quantitative estimate of drug-likeness (QED) is 0.239. The first-order valence-corrected chi connectivity index (χ1v) is 14.2. The summed E-state index contributed by atoms with van der Waals surface area (Å²) in [7, 11) is 0. The number of carboxylic acids is 1. The van der Waals surface area contributed by atoms with E-state index >= 15 is 0 Å². The number of carbonyl (C=O) groups excluding carboxylic acids is 1. The molecule has 0 aliphatic carbocycles. The SMILES string of the molecule is CCCC[C@@H](OCc1ccc(C(=O)N[C@@H](CCSC)C(=O)O)c(-c2ccccc2C)c1)c1ccccc1. The van der Waals surface area contributed by atoms with Gasteiger partial charge in [0.1, 0.15) is 6.04 Å². The minimum absolute atomic E-state index is 0.00111. The molecule has 0 aliphatic heterocycles. The maximum Gasteiger partial charge on any atom is 0.326 e. The minimum Gasteiger partial charge on any atom is -0.480 e. The Labute approximate surface area is 224 Å².